The zero-order valence-electron chi connectivity index (χ0n) is 16.5. The molecular weight excluding hydrogens is 358 g/mol. The number of allylic oxidation sites excluding steroid dienone is 3. The molecule has 0 bridgehead atoms. The highest BCUT2D eigenvalue weighted by molar-refractivity contribution is 5.74. The summed E-state index contributed by atoms with van der Waals surface area (Å²) in [5, 5.41) is 0. The molecule has 0 aromatic heterocycles. The summed E-state index contributed by atoms with van der Waals surface area (Å²) in [7, 11) is 0. The average Bonchev–Trinajstić information content (AvgIpc) is 3.06. The van der Waals surface area contributed by atoms with Crippen LogP contribution < -0.4 is 4.74 Å². The fraction of sp³-hybridized carbons (Fsp3) is 0.583. The van der Waals surface area contributed by atoms with Gasteiger partial charge in [0.1, 0.15) is 5.75 Å². The SMILES string of the molecule is C[C@]12CC=C3c4ccc(OC5CCCCO5)cc4CC[C@H]3[C@@H]1CCC2=C(F)F. The Morgan fingerprint density at radius 3 is 2.82 bits per heavy atom. The summed E-state index contributed by atoms with van der Waals surface area (Å²) in [5.41, 5.74) is 4.06. The number of hydrogen-bond acceptors (Lipinski definition) is 2. The maximum atomic E-state index is 13.5. The van der Waals surface area contributed by atoms with Crippen molar-refractivity contribution >= 4 is 5.57 Å². The van der Waals surface area contributed by atoms with Crippen molar-refractivity contribution in [3.05, 3.63) is 47.1 Å². The fourth-order valence-electron chi connectivity index (χ4n) is 6.11. The van der Waals surface area contributed by atoms with Gasteiger partial charge >= 0.3 is 0 Å². The summed E-state index contributed by atoms with van der Waals surface area (Å²) in [6.45, 7) is 2.84. The van der Waals surface area contributed by atoms with E-state index in [1.54, 1.807) is 0 Å². The molecule has 1 heterocycles. The van der Waals surface area contributed by atoms with Gasteiger partial charge in [0.25, 0.3) is 6.08 Å². The number of hydrogen-bond donors (Lipinski definition) is 0. The zero-order chi connectivity index (χ0) is 19.3. The zero-order valence-corrected chi connectivity index (χ0v) is 16.5. The van der Waals surface area contributed by atoms with Gasteiger partial charge < -0.3 is 9.47 Å². The normalized spacial score (nSPS) is 34.2. The standard InChI is InChI=1S/C24H28F2O2/c1-24-12-11-18-17-8-6-16(28-22-4-2-3-13-27-22)14-15(17)5-7-19(18)20(24)9-10-21(24)23(25)26/h6,8,11,14,19-20,22H,2-5,7,9-10,12-13H2,1H3/t19-,20+,22?,24+/m1/s1. The Balaban J connectivity index is 1.42. The smallest absolute Gasteiger partial charge is 0.270 e. The molecule has 4 atom stereocenters. The molecule has 4 aliphatic rings. The maximum Gasteiger partial charge on any atom is 0.270 e. The van der Waals surface area contributed by atoms with Gasteiger partial charge in [-0.1, -0.05) is 19.1 Å². The first-order valence-corrected chi connectivity index (χ1v) is 10.7. The van der Waals surface area contributed by atoms with Crippen molar-refractivity contribution in [3.63, 3.8) is 0 Å². The predicted molar refractivity (Wildman–Crippen MR) is 105 cm³/mol. The number of ether oxygens (including phenoxy) is 2. The van der Waals surface area contributed by atoms with Gasteiger partial charge in [0.2, 0.25) is 0 Å². The Morgan fingerprint density at radius 1 is 1.14 bits per heavy atom. The summed E-state index contributed by atoms with van der Waals surface area (Å²) >= 11 is 0. The minimum absolute atomic E-state index is 0.128. The first kappa shape index (κ1) is 18.4. The first-order chi connectivity index (χ1) is 13.6. The lowest BCUT2D eigenvalue weighted by atomic mass is 9.59. The van der Waals surface area contributed by atoms with Gasteiger partial charge in [-0.05, 0) is 85.6 Å². The Labute approximate surface area is 165 Å². The molecular formula is C24H28F2O2. The number of rotatable bonds is 2. The Hall–Kier alpha value is -1.68. The molecule has 1 aromatic rings. The summed E-state index contributed by atoms with van der Waals surface area (Å²) in [6, 6.07) is 6.39. The lowest BCUT2D eigenvalue weighted by molar-refractivity contribution is -0.105. The van der Waals surface area contributed by atoms with Crippen LogP contribution in [0, 0.1) is 17.3 Å². The Morgan fingerprint density at radius 2 is 2.04 bits per heavy atom. The highest BCUT2D eigenvalue weighted by Gasteiger charge is 2.51. The minimum Gasteiger partial charge on any atom is -0.465 e. The van der Waals surface area contributed by atoms with E-state index in [0.717, 1.165) is 57.3 Å². The van der Waals surface area contributed by atoms with Crippen molar-refractivity contribution in [1.29, 1.82) is 0 Å². The molecule has 1 aromatic carbocycles. The van der Waals surface area contributed by atoms with E-state index in [-0.39, 0.29) is 11.7 Å². The topological polar surface area (TPSA) is 18.5 Å². The van der Waals surface area contributed by atoms with Gasteiger partial charge in [-0.15, -0.1) is 0 Å². The second kappa shape index (κ2) is 6.98. The molecule has 5 rings (SSSR count). The summed E-state index contributed by atoms with van der Waals surface area (Å²) < 4.78 is 38.7. The second-order valence-electron chi connectivity index (χ2n) is 9.04. The molecule has 2 nitrogen and oxygen atoms in total. The van der Waals surface area contributed by atoms with E-state index in [1.165, 1.54) is 16.7 Å². The average molecular weight is 386 g/mol. The summed E-state index contributed by atoms with van der Waals surface area (Å²) in [4.78, 5) is 0. The van der Waals surface area contributed by atoms with Crippen LogP contribution in [0.3, 0.4) is 0 Å². The Bertz CT molecular complexity index is 833. The molecule has 0 spiro atoms. The van der Waals surface area contributed by atoms with Crippen molar-refractivity contribution in [1.82, 2.24) is 0 Å². The Kier molecular flexibility index (Phi) is 4.58. The predicted octanol–water partition coefficient (Wildman–Crippen LogP) is 6.51. The van der Waals surface area contributed by atoms with Gasteiger partial charge in [0.05, 0.1) is 6.61 Å². The van der Waals surface area contributed by atoms with E-state index in [0.29, 0.717) is 23.8 Å². The lowest BCUT2D eigenvalue weighted by Gasteiger charge is -2.44. The van der Waals surface area contributed by atoms with E-state index < -0.39 is 6.08 Å². The summed E-state index contributed by atoms with van der Waals surface area (Å²) in [5.74, 6) is 1.62. The van der Waals surface area contributed by atoms with Crippen molar-refractivity contribution < 1.29 is 18.3 Å². The number of aryl methyl sites for hydroxylation is 1. The lowest BCUT2D eigenvalue weighted by Crippen LogP contribution is -2.35. The molecule has 0 amide bonds. The number of benzene rings is 1. The molecule has 4 heteroatoms. The quantitative estimate of drug-likeness (QED) is 0.577. The van der Waals surface area contributed by atoms with E-state index in [1.807, 2.05) is 0 Å². The molecule has 150 valence electrons. The van der Waals surface area contributed by atoms with Crippen LogP contribution in [0.15, 0.2) is 35.9 Å². The largest absolute Gasteiger partial charge is 0.465 e. The van der Waals surface area contributed by atoms with Gasteiger partial charge in [-0.2, -0.15) is 8.78 Å². The molecule has 1 aliphatic heterocycles. The first-order valence-electron chi connectivity index (χ1n) is 10.7. The van der Waals surface area contributed by atoms with Crippen LogP contribution in [0.4, 0.5) is 8.78 Å². The van der Waals surface area contributed by atoms with Crippen LogP contribution >= 0.6 is 0 Å². The van der Waals surface area contributed by atoms with Crippen molar-refractivity contribution in [2.45, 2.75) is 64.6 Å². The van der Waals surface area contributed by atoms with Crippen LogP contribution in [0.5, 0.6) is 5.75 Å². The van der Waals surface area contributed by atoms with Crippen molar-refractivity contribution in [2.75, 3.05) is 6.61 Å². The highest BCUT2D eigenvalue weighted by Crippen LogP contribution is 2.61. The molecule has 1 saturated carbocycles. The third kappa shape index (κ3) is 2.92. The van der Waals surface area contributed by atoms with Crippen LogP contribution in [-0.2, 0) is 11.2 Å². The van der Waals surface area contributed by atoms with Gasteiger partial charge in [-0.25, -0.2) is 0 Å². The van der Waals surface area contributed by atoms with Gasteiger partial charge in [-0.3, -0.25) is 0 Å². The molecule has 1 unspecified atom stereocenters. The molecule has 28 heavy (non-hydrogen) atoms. The number of fused-ring (bicyclic) bond motifs is 5. The molecule has 1 saturated heterocycles. The van der Waals surface area contributed by atoms with Crippen LogP contribution in [0.2, 0.25) is 0 Å². The monoisotopic (exact) mass is 386 g/mol. The third-order valence-electron chi connectivity index (χ3n) is 7.59. The second-order valence-corrected chi connectivity index (χ2v) is 9.04. The third-order valence-corrected chi connectivity index (χ3v) is 7.59. The van der Waals surface area contributed by atoms with E-state index >= 15 is 0 Å². The van der Waals surface area contributed by atoms with Crippen molar-refractivity contribution in [2.24, 2.45) is 17.3 Å². The molecule has 0 N–H and O–H groups in total. The van der Waals surface area contributed by atoms with Crippen molar-refractivity contribution in [3.8, 4) is 5.75 Å². The fourth-order valence-corrected chi connectivity index (χ4v) is 6.11. The maximum absolute atomic E-state index is 13.5. The van der Waals surface area contributed by atoms with E-state index in [9.17, 15) is 8.78 Å². The van der Waals surface area contributed by atoms with Crippen LogP contribution in [0.25, 0.3) is 5.57 Å². The molecule has 0 radical (unpaired) electrons. The number of halogens is 2. The van der Waals surface area contributed by atoms with Gasteiger partial charge in [0, 0.05) is 17.4 Å². The molecule has 3 aliphatic carbocycles. The van der Waals surface area contributed by atoms with E-state index in [4.69, 9.17) is 9.47 Å². The highest BCUT2D eigenvalue weighted by atomic mass is 19.3. The van der Waals surface area contributed by atoms with Gasteiger partial charge in [0.15, 0.2) is 6.29 Å². The molecule has 2 fully saturated rings. The van der Waals surface area contributed by atoms with Crippen LogP contribution in [-0.4, -0.2) is 12.9 Å². The van der Waals surface area contributed by atoms with E-state index in [2.05, 4.69) is 31.2 Å². The summed E-state index contributed by atoms with van der Waals surface area (Å²) in [6.07, 6.45) is 8.11. The van der Waals surface area contributed by atoms with Crippen LogP contribution in [0.1, 0.15) is 63.0 Å². The minimum atomic E-state index is -1.44.